The molecule has 3 rings (SSSR count). The van der Waals surface area contributed by atoms with Gasteiger partial charge in [-0.1, -0.05) is 53.7 Å². The number of hydrogen-bond acceptors (Lipinski definition) is 7. The number of halogens is 1. The Balaban J connectivity index is 2.19. The van der Waals surface area contributed by atoms with Gasteiger partial charge in [0.25, 0.3) is 19.8 Å². The van der Waals surface area contributed by atoms with Crippen molar-refractivity contribution < 1.29 is 26.8 Å². The van der Waals surface area contributed by atoms with E-state index in [1.807, 2.05) is 41.5 Å². The lowest BCUT2D eigenvalue weighted by Crippen LogP contribution is -2.52. The summed E-state index contributed by atoms with van der Waals surface area (Å²) in [6.07, 6.45) is 0.429. The third-order valence-electron chi connectivity index (χ3n) is 8.33. The molecule has 2 heterocycles. The molecule has 1 aliphatic heterocycles. The first-order chi connectivity index (χ1) is 19.5. The Bertz CT molecular complexity index is 1450. The maximum absolute atomic E-state index is 14.0. The van der Waals surface area contributed by atoms with Crippen LogP contribution in [0, 0.1) is 11.7 Å². The number of aromatic nitrogens is 2. The van der Waals surface area contributed by atoms with E-state index in [-0.39, 0.29) is 71.5 Å². The molecule has 0 aliphatic carbocycles. The molecule has 1 atom stereocenters. The number of carbonyl (C=O) groups is 2. The molecule has 0 radical (unpaired) electrons. The van der Waals surface area contributed by atoms with E-state index in [9.17, 15) is 27.2 Å². The molecular formula is C29H43FN4O6SSi. The molecule has 13 heteroatoms. The number of rotatable bonds is 10. The van der Waals surface area contributed by atoms with Crippen molar-refractivity contribution in [2.24, 2.45) is 13.0 Å². The second kappa shape index (κ2) is 13.1. The Morgan fingerprint density at radius 1 is 1.07 bits per heavy atom. The first kappa shape index (κ1) is 33.4. The zero-order valence-corrected chi connectivity index (χ0v) is 27.5. The highest BCUT2D eigenvalue weighted by Gasteiger charge is 2.48. The lowest BCUT2D eigenvalue weighted by molar-refractivity contribution is -0.120. The van der Waals surface area contributed by atoms with E-state index >= 15 is 0 Å². The number of sulfonamides is 1. The molecule has 42 heavy (non-hydrogen) atoms. The molecule has 232 valence electrons. The standard InChI is InChI=1S/C29H43FN4O6SSi/c1-18(2)42(19(3)4,20(5)6)40-26-25(27(36)31-17-22-9-11-24(30)12-10-22)32-29(33(8)28(26)37)34-15-13-23(21(7)35)14-16-41(34,38)39/h9-12,18-20,23H,13-17H2,1-8H3,(H,31,36). The number of carbonyl (C=O) groups excluding carboxylic acids is 2. The average Bonchev–Trinajstić information content (AvgIpc) is 3.06. The Kier molecular flexibility index (Phi) is 10.4. The molecule has 0 saturated carbocycles. The number of benzene rings is 1. The van der Waals surface area contributed by atoms with E-state index in [1.165, 1.54) is 38.2 Å². The number of nitrogens with zero attached hydrogens (tertiary/aromatic N) is 3. The van der Waals surface area contributed by atoms with Crippen LogP contribution in [0.25, 0.3) is 0 Å². The lowest BCUT2D eigenvalue weighted by Gasteiger charge is -2.42. The van der Waals surface area contributed by atoms with Crippen LogP contribution in [0.15, 0.2) is 29.1 Å². The smallest absolute Gasteiger partial charge is 0.296 e. The van der Waals surface area contributed by atoms with Crippen molar-refractivity contribution in [2.45, 2.75) is 84.5 Å². The highest BCUT2D eigenvalue weighted by molar-refractivity contribution is 7.92. The Hall–Kier alpha value is -3.06. The van der Waals surface area contributed by atoms with Gasteiger partial charge in [0.05, 0.1) is 5.75 Å². The fourth-order valence-corrected chi connectivity index (χ4v) is 12.9. The van der Waals surface area contributed by atoms with Crippen LogP contribution in [-0.4, -0.2) is 50.3 Å². The van der Waals surface area contributed by atoms with Crippen LogP contribution in [-0.2, 0) is 28.4 Å². The van der Waals surface area contributed by atoms with Gasteiger partial charge >= 0.3 is 0 Å². The van der Waals surface area contributed by atoms with Gasteiger partial charge in [-0.15, -0.1) is 0 Å². The largest absolute Gasteiger partial charge is 0.537 e. The third kappa shape index (κ3) is 6.77. The summed E-state index contributed by atoms with van der Waals surface area (Å²) >= 11 is 0. The Labute approximate surface area is 248 Å². The van der Waals surface area contributed by atoms with Gasteiger partial charge in [0.15, 0.2) is 5.69 Å². The SMILES string of the molecule is CC(=O)C1CCN(c2nc(C(=O)NCc3ccc(F)cc3)c(O[Si](C(C)C)(C(C)C)C(C)C)c(=O)n2C)S(=O)(=O)CC1. The molecule has 0 bridgehead atoms. The predicted octanol–water partition coefficient (Wildman–Crippen LogP) is 4.54. The summed E-state index contributed by atoms with van der Waals surface area (Å²) in [5.74, 6) is -2.39. The monoisotopic (exact) mass is 622 g/mol. The highest BCUT2D eigenvalue weighted by Crippen LogP contribution is 2.42. The summed E-state index contributed by atoms with van der Waals surface area (Å²) in [5.41, 5.74) is -0.133. The summed E-state index contributed by atoms with van der Waals surface area (Å²) in [5, 5.41) is 2.73. The van der Waals surface area contributed by atoms with Gasteiger partial charge < -0.3 is 9.74 Å². The van der Waals surface area contributed by atoms with Gasteiger partial charge in [0.2, 0.25) is 21.7 Å². The van der Waals surface area contributed by atoms with Crippen molar-refractivity contribution in [3.63, 3.8) is 0 Å². The molecular weight excluding hydrogens is 579 g/mol. The summed E-state index contributed by atoms with van der Waals surface area (Å²) in [7, 11) is -5.30. The molecule has 1 aromatic heterocycles. The summed E-state index contributed by atoms with van der Waals surface area (Å²) in [6, 6.07) is 5.60. The van der Waals surface area contributed by atoms with E-state index in [0.717, 1.165) is 8.87 Å². The molecule has 1 unspecified atom stereocenters. The van der Waals surface area contributed by atoms with Crippen molar-refractivity contribution in [2.75, 3.05) is 16.6 Å². The van der Waals surface area contributed by atoms with Crippen LogP contribution in [0.2, 0.25) is 16.6 Å². The van der Waals surface area contributed by atoms with E-state index in [0.29, 0.717) is 5.56 Å². The van der Waals surface area contributed by atoms with Gasteiger partial charge in [0.1, 0.15) is 11.6 Å². The molecule has 2 aromatic rings. The van der Waals surface area contributed by atoms with Crippen molar-refractivity contribution >= 4 is 36.0 Å². The lowest BCUT2D eigenvalue weighted by atomic mass is 9.98. The predicted molar refractivity (Wildman–Crippen MR) is 163 cm³/mol. The van der Waals surface area contributed by atoms with Crippen LogP contribution in [0.4, 0.5) is 10.3 Å². The minimum Gasteiger partial charge on any atom is -0.537 e. The second-order valence-corrected chi connectivity index (χ2v) is 19.3. The van der Waals surface area contributed by atoms with Gasteiger partial charge in [-0.2, -0.15) is 0 Å². The third-order valence-corrected chi connectivity index (χ3v) is 16.1. The van der Waals surface area contributed by atoms with Crippen LogP contribution in [0.1, 0.15) is 77.4 Å². The quantitative estimate of drug-likeness (QED) is 0.386. The molecule has 1 fully saturated rings. The number of amides is 1. The number of nitrogens with one attached hydrogen (secondary N) is 1. The Morgan fingerprint density at radius 3 is 2.17 bits per heavy atom. The summed E-state index contributed by atoms with van der Waals surface area (Å²) < 4.78 is 48.9. The van der Waals surface area contributed by atoms with E-state index in [4.69, 9.17) is 4.43 Å². The zero-order valence-electron chi connectivity index (χ0n) is 25.7. The summed E-state index contributed by atoms with van der Waals surface area (Å²) in [6.45, 7) is 13.7. The number of Topliss-reactive ketones (excluding diaryl/α,β-unsaturated/α-hetero) is 1. The molecule has 1 amide bonds. The van der Waals surface area contributed by atoms with Gasteiger partial charge in [0, 0.05) is 26.1 Å². The van der Waals surface area contributed by atoms with Crippen molar-refractivity contribution in [1.82, 2.24) is 14.9 Å². The number of ketones is 1. The van der Waals surface area contributed by atoms with E-state index < -0.39 is 41.5 Å². The number of anilines is 1. The Morgan fingerprint density at radius 2 is 1.64 bits per heavy atom. The van der Waals surface area contributed by atoms with Gasteiger partial charge in [-0.25, -0.2) is 22.1 Å². The van der Waals surface area contributed by atoms with Crippen LogP contribution in [0.3, 0.4) is 0 Å². The van der Waals surface area contributed by atoms with Crippen LogP contribution >= 0.6 is 0 Å². The first-order valence-electron chi connectivity index (χ1n) is 14.4. The van der Waals surface area contributed by atoms with Crippen LogP contribution in [0.5, 0.6) is 5.75 Å². The first-order valence-corrected chi connectivity index (χ1v) is 18.1. The van der Waals surface area contributed by atoms with Crippen molar-refractivity contribution in [3.8, 4) is 5.75 Å². The maximum Gasteiger partial charge on any atom is 0.296 e. The molecule has 10 nitrogen and oxygen atoms in total. The normalized spacial score (nSPS) is 17.4. The molecule has 0 spiro atoms. The van der Waals surface area contributed by atoms with E-state index in [1.54, 1.807) is 0 Å². The van der Waals surface area contributed by atoms with Gasteiger partial charge in [-0.05, 0) is 54.1 Å². The van der Waals surface area contributed by atoms with Crippen LogP contribution < -0.4 is 19.6 Å². The topological polar surface area (TPSA) is 128 Å². The fraction of sp³-hybridized carbons (Fsp3) is 0.586. The van der Waals surface area contributed by atoms with Crippen molar-refractivity contribution in [1.29, 1.82) is 0 Å². The summed E-state index contributed by atoms with van der Waals surface area (Å²) in [4.78, 5) is 44.3. The van der Waals surface area contributed by atoms with Crippen molar-refractivity contribution in [3.05, 3.63) is 51.7 Å². The molecule has 1 saturated heterocycles. The highest BCUT2D eigenvalue weighted by atomic mass is 32.2. The molecule has 1 aliphatic rings. The van der Waals surface area contributed by atoms with Gasteiger partial charge in [-0.3, -0.25) is 19.0 Å². The average molecular weight is 623 g/mol. The fourth-order valence-electron chi connectivity index (χ4n) is 6.03. The second-order valence-electron chi connectivity index (χ2n) is 12.0. The molecule has 1 N–H and O–H groups in total. The van der Waals surface area contributed by atoms with E-state index in [2.05, 4.69) is 10.3 Å². The minimum absolute atomic E-state index is 0.0220. The number of hydrogen-bond donors (Lipinski definition) is 1. The minimum atomic E-state index is -3.95. The molecule has 1 aromatic carbocycles. The zero-order chi connectivity index (χ0) is 31.6. The maximum atomic E-state index is 14.0.